The van der Waals surface area contributed by atoms with Gasteiger partial charge in [-0.05, 0) is 25.7 Å². The molecule has 0 aromatic carbocycles. The Labute approximate surface area is 119 Å². The number of aromatic nitrogens is 1. The van der Waals surface area contributed by atoms with Gasteiger partial charge in [0.1, 0.15) is 0 Å². The topological polar surface area (TPSA) is 81.2 Å². The molecule has 1 aromatic heterocycles. The first-order chi connectivity index (χ1) is 8.65. The van der Waals surface area contributed by atoms with Crippen LogP contribution in [-0.4, -0.2) is 17.1 Å². The Hall–Kier alpha value is -1.07. The summed E-state index contributed by atoms with van der Waals surface area (Å²) < 4.78 is 5.04. The van der Waals surface area contributed by atoms with E-state index in [2.05, 4.69) is 10.5 Å². The average Bonchev–Trinajstić information content (AvgIpc) is 2.76. The zero-order valence-electron chi connectivity index (χ0n) is 11.2. The molecule has 1 saturated carbocycles. The van der Waals surface area contributed by atoms with E-state index in [1.165, 1.54) is 12.8 Å². The number of aryl methyl sites for hydroxylation is 1. The van der Waals surface area contributed by atoms with Crippen LogP contribution in [0.3, 0.4) is 0 Å². The van der Waals surface area contributed by atoms with E-state index < -0.39 is 0 Å². The molecule has 1 amide bonds. The van der Waals surface area contributed by atoms with Crippen molar-refractivity contribution in [3.63, 3.8) is 0 Å². The van der Waals surface area contributed by atoms with Crippen LogP contribution in [0, 0.1) is 12.8 Å². The van der Waals surface area contributed by atoms with Crippen LogP contribution in [0.15, 0.2) is 10.6 Å². The maximum atomic E-state index is 11.8. The summed E-state index contributed by atoms with van der Waals surface area (Å²) >= 11 is 0. The lowest BCUT2D eigenvalue weighted by Crippen LogP contribution is -2.36. The minimum absolute atomic E-state index is 0. The van der Waals surface area contributed by atoms with E-state index in [1.54, 1.807) is 0 Å². The molecule has 1 fully saturated rings. The molecule has 2 atom stereocenters. The average molecular weight is 288 g/mol. The second kappa shape index (κ2) is 7.50. The molecular formula is C13H22ClN3O2. The van der Waals surface area contributed by atoms with Gasteiger partial charge < -0.3 is 15.6 Å². The van der Waals surface area contributed by atoms with Crippen molar-refractivity contribution < 1.29 is 9.32 Å². The van der Waals surface area contributed by atoms with E-state index >= 15 is 0 Å². The van der Waals surface area contributed by atoms with Crippen LogP contribution in [0.25, 0.3) is 0 Å². The normalized spacial score (nSPS) is 22.6. The number of carbonyl (C=O) groups excluding carboxylic acids is 1. The van der Waals surface area contributed by atoms with Crippen molar-refractivity contribution in [3.05, 3.63) is 17.5 Å². The summed E-state index contributed by atoms with van der Waals surface area (Å²) in [6.45, 7) is 2.26. The highest BCUT2D eigenvalue weighted by Crippen LogP contribution is 2.25. The maximum Gasteiger partial charge on any atom is 0.220 e. The number of nitrogens with zero attached hydrogens (tertiary/aromatic N) is 1. The summed E-state index contributed by atoms with van der Waals surface area (Å²) in [4.78, 5) is 11.8. The van der Waals surface area contributed by atoms with Gasteiger partial charge in [0.05, 0.1) is 12.2 Å². The summed E-state index contributed by atoms with van der Waals surface area (Å²) in [6.07, 6.45) is 5.01. The van der Waals surface area contributed by atoms with Gasteiger partial charge in [-0.1, -0.05) is 18.0 Å². The van der Waals surface area contributed by atoms with Gasteiger partial charge in [0.15, 0.2) is 5.76 Å². The Morgan fingerprint density at radius 3 is 2.89 bits per heavy atom. The quantitative estimate of drug-likeness (QED) is 0.886. The number of hydrogen-bond acceptors (Lipinski definition) is 4. The number of halogens is 1. The summed E-state index contributed by atoms with van der Waals surface area (Å²) in [7, 11) is 0. The molecule has 19 heavy (non-hydrogen) atoms. The first kappa shape index (κ1) is 16.0. The zero-order valence-corrected chi connectivity index (χ0v) is 12.0. The van der Waals surface area contributed by atoms with Crippen molar-refractivity contribution in [1.82, 2.24) is 10.5 Å². The van der Waals surface area contributed by atoms with Gasteiger partial charge in [0.2, 0.25) is 5.91 Å². The molecule has 1 heterocycles. The third-order valence-corrected chi connectivity index (χ3v) is 3.55. The molecule has 1 aliphatic carbocycles. The van der Waals surface area contributed by atoms with Gasteiger partial charge in [-0.15, -0.1) is 12.4 Å². The van der Waals surface area contributed by atoms with Gasteiger partial charge in [0, 0.05) is 18.5 Å². The first-order valence-electron chi connectivity index (χ1n) is 6.59. The fraction of sp³-hybridized carbons (Fsp3) is 0.692. The Bertz CT molecular complexity index is 408. The molecule has 0 spiro atoms. The lowest BCUT2D eigenvalue weighted by molar-refractivity contribution is -0.122. The van der Waals surface area contributed by atoms with Gasteiger partial charge >= 0.3 is 0 Å². The third-order valence-electron chi connectivity index (χ3n) is 3.55. The van der Waals surface area contributed by atoms with Gasteiger partial charge in [-0.25, -0.2) is 0 Å². The predicted molar refractivity (Wildman–Crippen MR) is 74.9 cm³/mol. The standard InChI is InChI=1S/C13H21N3O2.ClH/c1-9-6-11(18-16-9)8-15-13(17)7-10-4-2-3-5-12(10)14;/h6,10,12H,2-5,7-8,14H2,1H3,(H,15,17);1H. The first-order valence-corrected chi connectivity index (χ1v) is 6.59. The van der Waals surface area contributed by atoms with E-state index in [0.717, 1.165) is 18.5 Å². The summed E-state index contributed by atoms with van der Waals surface area (Å²) in [5.74, 6) is 1.07. The highest BCUT2D eigenvalue weighted by molar-refractivity contribution is 5.85. The van der Waals surface area contributed by atoms with Crippen LogP contribution in [0.4, 0.5) is 0 Å². The second-order valence-electron chi connectivity index (χ2n) is 5.12. The van der Waals surface area contributed by atoms with Crippen molar-refractivity contribution in [1.29, 1.82) is 0 Å². The van der Waals surface area contributed by atoms with Crippen molar-refractivity contribution in [3.8, 4) is 0 Å². The van der Waals surface area contributed by atoms with E-state index in [9.17, 15) is 4.79 Å². The molecule has 0 saturated heterocycles. The van der Waals surface area contributed by atoms with Crippen LogP contribution in [-0.2, 0) is 11.3 Å². The monoisotopic (exact) mass is 287 g/mol. The van der Waals surface area contributed by atoms with Crippen LogP contribution in [0.1, 0.15) is 43.6 Å². The van der Waals surface area contributed by atoms with Crippen LogP contribution in [0.2, 0.25) is 0 Å². The highest BCUT2D eigenvalue weighted by atomic mass is 35.5. The van der Waals surface area contributed by atoms with E-state index in [-0.39, 0.29) is 24.4 Å². The van der Waals surface area contributed by atoms with Crippen molar-refractivity contribution in [2.75, 3.05) is 0 Å². The fourth-order valence-electron chi connectivity index (χ4n) is 2.49. The summed E-state index contributed by atoms with van der Waals surface area (Å²) in [5.41, 5.74) is 6.86. The van der Waals surface area contributed by atoms with Crippen molar-refractivity contribution >= 4 is 18.3 Å². The van der Waals surface area contributed by atoms with Gasteiger partial charge in [0.25, 0.3) is 0 Å². The number of carbonyl (C=O) groups is 1. The summed E-state index contributed by atoms with van der Waals surface area (Å²) in [6, 6.07) is 2.00. The number of hydrogen-bond donors (Lipinski definition) is 2. The number of amides is 1. The molecule has 1 aromatic rings. The molecule has 0 aliphatic heterocycles. The highest BCUT2D eigenvalue weighted by Gasteiger charge is 2.24. The molecule has 0 radical (unpaired) electrons. The molecule has 108 valence electrons. The van der Waals surface area contributed by atoms with E-state index in [4.69, 9.17) is 10.3 Å². The second-order valence-corrected chi connectivity index (χ2v) is 5.12. The Morgan fingerprint density at radius 1 is 1.53 bits per heavy atom. The van der Waals surface area contributed by atoms with Gasteiger partial charge in [-0.2, -0.15) is 0 Å². The lowest BCUT2D eigenvalue weighted by Gasteiger charge is -2.27. The minimum Gasteiger partial charge on any atom is -0.359 e. The largest absolute Gasteiger partial charge is 0.359 e. The zero-order chi connectivity index (χ0) is 13.0. The Balaban J connectivity index is 0.00000180. The SMILES string of the molecule is Cc1cc(CNC(=O)CC2CCCCC2N)on1.Cl. The number of nitrogens with two attached hydrogens (primary N) is 1. The molecule has 3 N–H and O–H groups in total. The molecule has 0 bridgehead atoms. The molecular weight excluding hydrogens is 266 g/mol. The Kier molecular flexibility index (Phi) is 6.31. The fourth-order valence-corrected chi connectivity index (χ4v) is 2.49. The van der Waals surface area contributed by atoms with Crippen LogP contribution >= 0.6 is 12.4 Å². The Morgan fingerprint density at radius 2 is 2.26 bits per heavy atom. The summed E-state index contributed by atoms with van der Waals surface area (Å²) in [5, 5.41) is 6.63. The smallest absolute Gasteiger partial charge is 0.220 e. The lowest BCUT2D eigenvalue weighted by atomic mass is 9.83. The molecule has 2 unspecified atom stereocenters. The van der Waals surface area contributed by atoms with Crippen molar-refractivity contribution in [2.45, 2.75) is 51.6 Å². The van der Waals surface area contributed by atoms with Crippen molar-refractivity contribution in [2.24, 2.45) is 11.7 Å². The van der Waals surface area contributed by atoms with Gasteiger partial charge in [-0.3, -0.25) is 4.79 Å². The molecule has 5 nitrogen and oxygen atoms in total. The van der Waals surface area contributed by atoms with Crippen LogP contribution < -0.4 is 11.1 Å². The third kappa shape index (κ3) is 4.84. The number of nitrogens with one attached hydrogen (secondary N) is 1. The number of rotatable bonds is 4. The minimum atomic E-state index is 0. The molecule has 6 heteroatoms. The van der Waals surface area contributed by atoms with E-state index in [1.807, 2.05) is 13.0 Å². The predicted octanol–water partition coefficient (Wildman–Crippen LogP) is 1.93. The maximum absolute atomic E-state index is 11.8. The van der Waals surface area contributed by atoms with Crippen LogP contribution in [0.5, 0.6) is 0 Å². The molecule has 1 aliphatic rings. The molecule has 2 rings (SSSR count). The van der Waals surface area contributed by atoms with E-state index in [0.29, 0.717) is 24.6 Å².